The summed E-state index contributed by atoms with van der Waals surface area (Å²) in [6.45, 7) is 5.88. The van der Waals surface area contributed by atoms with Gasteiger partial charge < -0.3 is 10.1 Å². The maximum atomic E-state index is 13.4. The molecule has 1 saturated heterocycles. The van der Waals surface area contributed by atoms with E-state index in [9.17, 15) is 9.18 Å². The van der Waals surface area contributed by atoms with Crippen molar-refractivity contribution >= 4 is 17.7 Å². The first kappa shape index (κ1) is 23.4. The van der Waals surface area contributed by atoms with Crippen LogP contribution in [0.1, 0.15) is 38.2 Å². The number of ether oxygens (including phenoxy) is 1. The molecule has 8 heteroatoms. The van der Waals surface area contributed by atoms with Crippen LogP contribution in [-0.2, 0) is 16.1 Å². The Balaban J connectivity index is 1.45. The number of nitrogens with zero attached hydrogens (tertiary/aromatic N) is 3. The molecular formula is C25H29FN4O2S. The summed E-state index contributed by atoms with van der Waals surface area (Å²) in [6.07, 6.45) is 2.08. The van der Waals surface area contributed by atoms with Crippen molar-refractivity contribution < 1.29 is 13.9 Å². The van der Waals surface area contributed by atoms with Crippen LogP contribution in [0.25, 0.3) is 11.4 Å². The fraction of sp³-hybridized carbons (Fsp3) is 0.400. The van der Waals surface area contributed by atoms with E-state index in [2.05, 4.69) is 34.6 Å². The molecule has 3 atom stereocenters. The zero-order valence-electron chi connectivity index (χ0n) is 18.9. The van der Waals surface area contributed by atoms with E-state index in [1.165, 1.54) is 29.5 Å². The van der Waals surface area contributed by atoms with Crippen LogP contribution < -0.4 is 5.32 Å². The van der Waals surface area contributed by atoms with E-state index < -0.39 is 0 Å². The van der Waals surface area contributed by atoms with Crippen LogP contribution in [0, 0.1) is 5.82 Å². The third kappa shape index (κ3) is 6.00. The number of carbonyl (C=O) groups is 1. The third-order valence-corrected chi connectivity index (χ3v) is 6.91. The van der Waals surface area contributed by atoms with Gasteiger partial charge in [-0.3, -0.25) is 9.36 Å². The first-order chi connectivity index (χ1) is 16.0. The molecule has 1 aromatic heterocycles. The van der Waals surface area contributed by atoms with Crippen LogP contribution in [0.4, 0.5) is 4.39 Å². The lowest BCUT2D eigenvalue weighted by atomic mass is 10.0. The maximum Gasteiger partial charge on any atom is 0.233 e. The van der Waals surface area contributed by atoms with Crippen molar-refractivity contribution in [1.82, 2.24) is 20.1 Å². The second kappa shape index (κ2) is 10.9. The Labute approximate surface area is 197 Å². The third-order valence-electron chi connectivity index (χ3n) is 5.83. The van der Waals surface area contributed by atoms with Crippen molar-refractivity contribution in [2.45, 2.75) is 55.7 Å². The fourth-order valence-electron chi connectivity index (χ4n) is 3.85. The monoisotopic (exact) mass is 468 g/mol. The number of nitrogens with one attached hydrogen (secondary N) is 1. The second-order valence-electron chi connectivity index (χ2n) is 8.38. The molecule has 0 bridgehead atoms. The summed E-state index contributed by atoms with van der Waals surface area (Å²) in [5, 5.41) is 12.1. The molecular weight excluding hydrogens is 439 g/mol. The number of thioether (sulfide) groups is 1. The minimum Gasteiger partial charge on any atom is -0.376 e. The normalized spacial score (nSPS) is 17.6. The summed E-state index contributed by atoms with van der Waals surface area (Å²) in [5.41, 5.74) is 1.97. The van der Waals surface area contributed by atoms with E-state index in [4.69, 9.17) is 4.74 Å². The Morgan fingerprint density at radius 2 is 1.94 bits per heavy atom. The molecule has 0 radical (unpaired) electrons. The zero-order chi connectivity index (χ0) is 23.2. The minimum atomic E-state index is -0.346. The average Bonchev–Trinajstić information content (AvgIpc) is 3.49. The number of halogens is 1. The van der Waals surface area contributed by atoms with Crippen LogP contribution in [-0.4, -0.2) is 45.2 Å². The van der Waals surface area contributed by atoms with E-state index in [1.54, 1.807) is 12.1 Å². The lowest BCUT2D eigenvalue weighted by molar-refractivity contribution is -0.120. The molecule has 1 N–H and O–H groups in total. The molecule has 6 nitrogen and oxygen atoms in total. The Hall–Kier alpha value is -2.71. The van der Waals surface area contributed by atoms with Gasteiger partial charge in [-0.2, -0.15) is 0 Å². The van der Waals surface area contributed by atoms with E-state index in [0.29, 0.717) is 24.1 Å². The van der Waals surface area contributed by atoms with E-state index >= 15 is 0 Å². The van der Waals surface area contributed by atoms with Crippen molar-refractivity contribution in [2.24, 2.45) is 0 Å². The molecule has 2 heterocycles. The molecule has 33 heavy (non-hydrogen) atoms. The number of rotatable bonds is 9. The molecule has 174 valence electrons. The first-order valence-corrected chi connectivity index (χ1v) is 12.2. The predicted molar refractivity (Wildman–Crippen MR) is 128 cm³/mol. The number of aromatic nitrogens is 3. The molecule has 4 rings (SSSR count). The van der Waals surface area contributed by atoms with Gasteiger partial charge in [-0.15, -0.1) is 10.2 Å². The summed E-state index contributed by atoms with van der Waals surface area (Å²) in [4.78, 5) is 12.8. The number of hydrogen-bond donors (Lipinski definition) is 1. The molecule has 3 aromatic rings. The Morgan fingerprint density at radius 3 is 2.64 bits per heavy atom. The molecule has 0 saturated carbocycles. The minimum absolute atomic E-state index is 0.0437. The number of benzene rings is 2. The second-order valence-corrected chi connectivity index (χ2v) is 9.68. The van der Waals surface area contributed by atoms with Gasteiger partial charge in [-0.1, -0.05) is 49.0 Å². The molecule has 1 fully saturated rings. The Kier molecular flexibility index (Phi) is 7.77. The summed E-state index contributed by atoms with van der Waals surface area (Å²) in [7, 11) is 0. The smallest absolute Gasteiger partial charge is 0.233 e. The highest BCUT2D eigenvalue weighted by molar-refractivity contribution is 8.00. The molecule has 0 spiro atoms. The maximum absolute atomic E-state index is 13.4. The topological polar surface area (TPSA) is 69.0 Å². The van der Waals surface area contributed by atoms with Crippen molar-refractivity contribution in [3.05, 3.63) is 66.0 Å². The summed E-state index contributed by atoms with van der Waals surface area (Å²) >= 11 is 1.38. The highest BCUT2D eigenvalue weighted by atomic mass is 32.2. The van der Waals surface area contributed by atoms with Gasteiger partial charge in [0.15, 0.2) is 11.0 Å². The van der Waals surface area contributed by atoms with Gasteiger partial charge in [0.25, 0.3) is 0 Å². The van der Waals surface area contributed by atoms with Crippen molar-refractivity contribution in [3.63, 3.8) is 0 Å². The molecule has 3 unspecified atom stereocenters. The van der Waals surface area contributed by atoms with Gasteiger partial charge >= 0.3 is 0 Å². The zero-order valence-corrected chi connectivity index (χ0v) is 19.7. The average molecular weight is 469 g/mol. The molecule has 1 aliphatic heterocycles. The van der Waals surface area contributed by atoms with E-state index in [0.717, 1.165) is 25.0 Å². The Morgan fingerprint density at radius 1 is 1.18 bits per heavy atom. The van der Waals surface area contributed by atoms with Gasteiger partial charge in [-0.25, -0.2) is 4.39 Å². The molecule has 1 aliphatic rings. The van der Waals surface area contributed by atoms with Crippen LogP contribution in [0.5, 0.6) is 0 Å². The highest BCUT2D eigenvalue weighted by Crippen LogP contribution is 2.29. The Bertz CT molecular complexity index is 1050. The van der Waals surface area contributed by atoms with E-state index in [-0.39, 0.29) is 29.0 Å². The van der Waals surface area contributed by atoms with Crippen molar-refractivity contribution in [2.75, 3.05) is 13.2 Å². The van der Waals surface area contributed by atoms with Gasteiger partial charge in [-0.05, 0) is 55.5 Å². The number of hydrogen-bond acceptors (Lipinski definition) is 5. The lowest BCUT2D eigenvalue weighted by Gasteiger charge is -2.18. The predicted octanol–water partition coefficient (Wildman–Crippen LogP) is 4.66. The quantitative estimate of drug-likeness (QED) is 0.463. The van der Waals surface area contributed by atoms with Crippen LogP contribution in [0.2, 0.25) is 0 Å². The van der Waals surface area contributed by atoms with Gasteiger partial charge in [0.05, 0.1) is 17.9 Å². The number of carbonyl (C=O) groups excluding carboxylic acids is 1. The molecule has 2 aromatic carbocycles. The summed E-state index contributed by atoms with van der Waals surface area (Å²) in [6, 6.07) is 16.4. The highest BCUT2D eigenvalue weighted by Gasteiger charge is 2.25. The van der Waals surface area contributed by atoms with Gasteiger partial charge in [0.1, 0.15) is 5.82 Å². The fourth-order valence-corrected chi connectivity index (χ4v) is 4.74. The standard InChI is InChI=1S/C25H29FN4O2S/c1-17(19-7-4-3-5-8-19)15-27-24(31)18(2)33-25-29-28-23(20-10-12-21(26)13-11-20)30(25)16-22-9-6-14-32-22/h3-5,7-8,10-13,17-18,22H,6,9,14-16H2,1-2H3,(H,27,31). The van der Waals surface area contributed by atoms with Crippen LogP contribution in [0.3, 0.4) is 0 Å². The van der Waals surface area contributed by atoms with E-state index in [1.807, 2.05) is 29.7 Å². The SMILES string of the molecule is CC(Sc1nnc(-c2ccc(F)cc2)n1CC1CCCO1)C(=O)NCC(C)c1ccccc1. The van der Waals surface area contributed by atoms with Crippen molar-refractivity contribution in [1.29, 1.82) is 0 Å². The van der Waals surface area contributed by atoms with Crippen molar-refractivity contribution in [3.8, 4) is 11.4 Å². The van der Waals surface area contributed by atoms with Crippen LogP contribution >= 0.6 is 11.8 Å². The molecule has 0 aliphatic carbocycles. The largest absolute Gasteiger partial charge is 0.376 e. The first-order valence-electron chi connectivity index (χ1n) is 11.3. The number of amides is 1. The van der Waals surface area contributed by atoms with Gasteiger partial charge in [0, 0.05) is 18.7 Å². The lowest BCUT2D eigenvalue weighted by Crippen LogP contribution is -2.33. The van der Waals surface area contributed by atoms with Crippen LogP contribution in [0.15, 0.2) is 59.8 Å². The summed E-state index contributed by atoms with van der Waals surface area (Å²) < 4.78 is 21.2. The van der Waals surface area contributed by atoms with Gasteiger partial charge in [0.2, 0.25) is 5.91 Å². The summed E-state index contributed by atoms with van der Waals surface area (Å²) in [5.74, 6) is 0.533. The molecule has 1 amide bonds.